The predicted octanol–water partition coefficient (Wildman–Crippen LogP) is 0.743. The van der Waals surface area contributed by atoms with Crippen molar-refractivity contribution in [1.82, 2.24) is 14.6 Å². The molecule has 1 aliphatic heterocycles. The Morgan fingerprint density at radius 1 is 1.50 bits per heavy atom. The van der Waals surface area contributed by atoms with Gasteiger partial charge in [0.25, 0.3) is 0 Å². The van der Waals surface area contributed by atoms with Gasteiger partial charge in [-0.05, 0) is 38.9 Å². The number of hydrogen-bond donors (Lipinski definition) is 2. The van der Waals surface area contributed by atoms with E-state index in [0.717, 1.165) is 19.5 Å². The SMILES string of the molecule is CCNc1cc(S(=O)(=O)NCC2CCN(C)C2)ccn1. The fraction of sp³-hybridized carbons (Fsp3) is 0.615. The number of pyridine rings is 1. The molecule has 2 heterocycles. The van der Waals surface area contributed by atoms with Gasteiger partial charge in [0.2, 0.25) is 10.0 Å². The van der Waals surface area contributed by atoms with Gasteiger partial charge < -0.3 is 10.2 Å². The molecule has 0 radical (unpaired) electrons. The number of nitrogens with zero attached hydrogens (tertiary/aromatic N) is 2. The first kappa shape index (κ1) is 15.2. The van der Waals surface area contributed by atoms with E-state index in [4.69, 9.17) is 0 Å². The molecular weight excluding hydrogens is 276 g/mol. The van der Waals surface area contributed by atoms with E-state index < -0.39 is 10.0 Å². The normalized spacial score (nSPS) is 20.2. The van der Waals surface area contributed by atoms with Crippen LogP contribution in [0.2, 0.25) is 0 Å². The topological polar surface area (TPSA) is 74.3 Å². The van der Waals surface area contributed by atoms with Gasteiger partial charge in [0, 0.05) is 31.9 Å². The summed E-state index contributed by atoms with van der Waals surface area (Å²) in [6, 6.07) is 3.08. The number of likely N-dealkylation sites (tertiary alicyclic amines) is 1. The highest BCUT2D eigenvalue weighted by Gasteiger charge is 2.22. The molecule has 1 saturated heterocycles. The van der Waals surface area contributed by atoms with Crippen molar-refractivity contribution in [3.05, 3.63) is 18.3 Å². The van der Waals surface area contributed by atoms with Crippen LogP contribution in [0.25, 0.3) is 0 Å². The molecule has 0 aliphatic carbocycles. The molecule has 7 heteroatoms. The largest absolute Gasteiger partial charge is 0.370 e. The molecule has 0 saturated carbocycles. The number of hydrogen-bond acceptors (Lipinski definition) is 5. The van der Waals surface area contributed by atoms with E-state index in [9.17, 15) is 8.42 Å². The maximum atomic E-state index is 12.2. The highest BCUT2D eigenvalue weighted by molar-refractivity contribution is 7.89. The average molecular weight is 298 g/mol. The van der Waals surface area contributed by atoms with E-state index >= 15 is 0 Å². The molecule has 1 atom stereocenters. The summed E-state index contributed by atoms with van der Waals surface area (Å²) < 4.78 is 27.2. The number of sulfonamides is 1. The van der Waals surface area contributed by atoms with Gasteiger partial charge >= 0.3 is 0 Å². The standard InChI is InChI=1S/C13H22N4O2S/c1-3-14-13-8-12(4-6-15-13)20(18,19)16-9-11-5-7-17(2)10-11/h4,6,8,11,16H,3,5,7,9-10H2,1-2H3,(H,14,15). The van der Waals surface area contributed by atoms with Gasteiger partial charge in [-0.1, -0.05) is 0 Å². The first-order chi connectivity index (χ1) is 9.51. The molecule has 1 aliphatic rings. The van der Waals surface area contributed by atoms with Crippen LogP contribution in [0, 0.1) is 5.92 Å². The molecule has 0 spiro atoms. The van der Waals surface area contributed by atoms with E-state index in [-0.39, 0.29) is 4.90 Å². The quantitative estimate of drug-likeness (QED) is 0.810. The molecule has 2 N–H and O–H groups in total. The lowest BCUT2D eigenvalue weighted by molar-refractivity contribution is 0.394. The molecule has 112 valence electrons. The van der Waals surface area contributed by atoms with Gasteiger partial charge in [-0.3, -0.25) is 0 Å². The summed E-state index contributed by atoms with van der Waals surface area (Å²) in [5.41, 5.74) is 0. The third-order valence-corrected chi connectivity index (χ3v) is 4.87. The van der Waals surface area contributed by atoms with Crippen LogP contribution >= 0.6 is 0 Å². The molecule has 0 amide bonds. The molecule has 1 aromatic heterocycles. The Morgan fingerprint density at radius 2 is 2.30 bits per heavy atom. The zero-order chi connectivity index (χ0) is 14.6. The molecule has 1 unspecified atom stereocenters. The lowest BCUT2D eigenvalue weighted by atomic mass is 10.1. The van der Waals surface area contributed by atoms with E-state index in [1.807, 2.05) is 6.92 Å². The zero-order valence-electron chi connectivity index (χ0n) is 12.0. The lowest BCUT2D eigenvalue weighted by Crippen LogP contribution is -2.30. The molecule has 2 rings (SSSR count). The molecular formula is C13H22N4O2S. The third kappa shape index (κ3) is 3.91. The molecule has 0 bridgehead atoms. The predicted molar refractivity (Wildman–Crippen MR) is 79.2 cm³/mol. The zero-order valence-corrected chi connectivity index (χ0v) is 12.8. The molecule has 1 fully saturated rings. The minimum absolute atomic E-state index is 0.259. The fourth-order valence-corrected chi connectivity index (χ4v) is 3.49. The summed E-state index contributed by atoms with van der Waals surface area (Å²) >= 11 is 0. The van der Waals surface area contributed by atoms with Crippen molar-refractivity contribution in [2.45, 2.75) is 18.2 Å². The summed E-state index contributed by atoms with van der Waals surface area (Å²) in [6.45, 7) is 5.12. The average Bonchev–Trinajstić information content (AvgIpc) is 2.83. The van der Waals surface area contributed by atoms with Crippen LogP contribution in [0.15, 0.2) is 23.2 Å². The van der Waals surface area contributed by atoms with Gasteiger partial charge in [-0.25, -0.2) is 18.1 Å². The van der Waals surface area contributed by atoms with Crippen molar-refractivity contribution < 1.29 is 8.42 Å². The second-order valence-corrected chi connectivity index (χ2v) is 6.94. The number of anilines is 1. The van der Waals surface area contributed by atoms with Crippen molar-refractivity contribution in [2.24, 2.45) is 5.92 Å². The maximum Gasteiger partial charge on any atom is 0.240 e. The van der Waals surface area contributed by atoms with Gasteiger partial charge in [-0.2, -0.15) is 0 Å². The van der Waals surface area contributed by atoms with Crippen molar-refractivity contribution in [1.29, 1.82) is 0 Å². The second kappa shape index (κ2) is 6.51. The second-order valence-electron chi connectivity index (χ2n) is 5.18. The Labute approximate surface area is 120 Å². The van der Waals surface area contributed by atoms with Gasteiger partial charge in [0.05, 0.1) is 4.90 Å². The van der Waals surface area contributed by atoms with Crippen LogP contribution in [-0.2, 0) is 10.0 Å². The van der Waals surface area contributed by atoms with Crippen LogP contribution in [0.4, 0.5) is 5.82 Å². The smallest absolute Gasteiger partial charge is 0.240 e. The van der Waals surface area contributed by atoms with E-state index in [2.05, 4.69) is 27.0 Å². The van der Waals surface area contributed by atoms with Crippen molar-refractivity contribution in [3.63, 3.8) is 0 Å². The Balaban J connectivity index is 2.00. The maximum absolute atomic E-state index is 12.2. The highest BCUT2D eigenvalue weighted by atomic mass is 32.2. The van der Waals surface area contributed by atoms with Gasteiger partial charge in [0.15, 0.2) is 0 Å². The first-order valence-electron chi connectivity index (χ1n) is 6.89. The highest BCUT2D eigenvalue weighted by Crippen LogP contribution is 2.16. The van der Waals surface area contributed by atoms with Crippen molar-refractivity contribution in [2.75, 3.05) is 38.5 Å². The minimum atomic E-state index is -3.45. The summed E-state index contributed by atoms with van der Waals surface area (Å²) in [5.74, 6) is 0.973. The monoisotopic (exact) mass is 298 g/mol. The van der Waals surface area contributed by atoms with Crippen molar-refractivity contribution >= 4 is 15.8 Å². The Hall–Kier alpha value is -1.18. The summed E-state index contributed by atoms with van der Waals surface area (Å²) in [5, 5.41) is 3.01. The molecule has 0 aromatic carbocycles. The number of rotatable bonds is 6. The van der Waals surface area contributed by atoms with E-state index in [1.165, 1.54) is 12.3 Å². The number of aromatic nitrogens is 1. The van der Waals surface area contributed by atoms with E-state index in [0.29, 0.717) is 24.8 Å². The molecule has 6 nitrogen and oxygen atoms in total. The summed E-state index contributed by atoms with van der Waals surface area (Å²) in [4.78, 5) is 6.56. The van der Waals surface area contributed by atoms with Crippen molar-refractivity contribution in [3.8, 4) is 0 Å². The van der Waals surface area contributed by atoms with Crippen LogP contribution < -0.4 is 10.0 Å². The Morgan fingerprint density at radius 3 is 2.95 bits per heavy atom. The first-order valence-corrected chi connectivity index (χ1v) is 8.37. The molecule has 1 aromatic rings. The van der Waals surface area contributed by atoms with Crippen LogP contribution in [0.1, 0.15) is 13.3 Å². The van der Waals surface area contributed by atoms with Crippen LogP contribution in [0.3, 0.4) is 0 Å². The third-order valence-electron chi connectivity index (χ3n) is 3.45. The lowest BCUT2D eigenvalue weighted by Gasteiger charge is -2.12. The number of nitrogens with one attached hydrogen (secondary N) is 2. The van der Waals surface area contributed by atoms with E-state index in [1.54, 1.807) is 6.07 Å². The molecule has 20 heavy (non-hydrogen) atoms. The van der Waals surface area contributed by atoms with Gasteiger partial charge in [-0.15, -0.1) is 0 Å². The minimum Gasteiger partial charge on any atom is -0.370 e. The summed E-state index contributed by atoms with van der Waals surface area (Å²) in [7, 11) is -1.40. The fourth-order valence-electron chi connectivity index (χ4n) is 2.36. The van der Waals surface area contributed by atoms with Crippen LogP contribution in [-0.4, -0.2) is 51.5 Å². The Bertz CT molecular complexity index is 547. The van der Waals surface area contributed by atoms with Gasteiger partial charge in [0.1, 0.15) is 5.82 Å². The summed E-state index contributed by atoms with van der Waals surface area (Å²) in [6.07, 6.45) is 2.55. The van der Waals surface area contributed by atoms with Crippen LogP contribution in [0.5, 0.6) is 0 Å². The Kier molecular flexibility index (Phi) is 4.95.